The van der Waals surface area contributed by atoms with Gasteiger partial charge in [0.25, 0.3) is 0 Å². The fourth-order valence-electron chi connectivity index (χ4n) is 3.52. The normalized spacial score (nSPS) is 17.6. The minimum atomic E-state index is -0.653. The first-order valence-electron chi connectivity index (χ1n) is 9.45. The Morgan fingerprint density at radius 2 is 1.83 bits per heavy atom. The summed E-state index contributed by atoms with van der Waals surface area (Å²) in [5.41, 5.74) is 8.20. The van der Waals surface area contributed by atoms with E-state index in [1.165, 1.54) is 0 Å². The molecule has 2 aromatic carbocycles. The minimum absolute atomic E-state index is 0. The number of nitrogens with zero attached hydrogens (tertiary/aromatic N) is 1. The molecule has 0 saturated carbocycles. The number of fused-ring (bicyclic) bond motifs is 1. The van der Waals surface area contributed by atoms with E-state index in [1.54, 1.807) is 17.0 Å². The van der Waals surface area contributed by atoms with E-state index in [9.17, 15) is 9.59 Å². The number of hydrogen-bond donors (Lipinski definition) is 2. The molecule has 0 bridgehead atoms. The number of hydrogen-bond acceptors (Lipinski definition) is 5. The monoisotopic (exact) mass is 417 g/mol. The van der Waals surface area contributed by atoms with Gasteiger partial charge in [0.1, 0.15) is 19.1 Å². The Labute approximate surface area is 175 Å². The van der Waals surface area contributed by atoms with Crippen LogP contribution in [0.4, 0.5) is 11.4 Å². The molecule has 1 fully saturated rings. The van der Waals surface area contributed by atoms with Crippen molar-refractivity contribution < 1.29 is 19.1 Å². The Morgan fingerprint density at radius 3 is 2.59 bits per heavy atom. The maximum Gasteiger partial charge on any atom is 0.239 e. The van der Waals surface area contributed by atoms with E-state index < -0.39 is 5.92 Å². The van der Waals surface area contributed by atoms with Gasteiger partial charge in [-0.2, -0.15) is 0 Å². The smallest absolute Gasteiger partial charge is 0.239 e. The van der Waals surface area contributed by atoms with Crippen LogP contribution in [-0.2, 0) is 16.0 Å². The second kappa shape index (κ2) is 9.05. The molecule has 8 heteroatoms. The maximum absolute atomic E-state index is 12.8. The summed E-state index contributed by atoms with van der Waals surface area (Å²) in [5.74, 6) is 0.258. The standard InChI is InChI=1S/C21H23N3O4.ClH/c22-15-3-1-14(2-4-15)7-9-23-20(25)17-8-10-24(21(17)26)16-5-6-18-19(13-16)28-12-11-27-18;/h1-6,13,17H,7-12,22H2,(H,23,25);1H. The van der Waals surface area contributed by atoms with Crippen LogP contribution < -0.4 is 25.4 Å². The molecule has 7 nitrogen and oxygen atoms in total. The summed E-state index contributed by atoms with van der Waals surface area (Å²) >= 11 is 0. The highest BCUT2D eigenvalue weighted by atomic mass is 35.5. The first kappa shape index (κ1) is 20.8. The van der Waals surface area contributed by atoms with Crippen LogP contribution in [0.1, 0.15) is 12.0 Å². The lowest BCUT2D eigenvalue weighted by atomic mass is 10.1. The second-order valence-corrected chi connectivity index (χ2v) is 6.94. The molecule has 0 spiro atoms. The van der Waals surface area contributed by atoms with Gasteiger partial charge < -0.3 is 25.4 Å². The first-order chi connectivity index (χ1) is 13.6. The molecule has 2 aromatic rings. The second-order valence-electron chi connectivity index (χ2n) is 6.94. The van der Waals surface area contributed by atoms with E-state index in [-0.39, 0.29) is 24.2 Å². The molecule has 4 rings (SSSR count). The molecular weight excluding hydrogens is 394 g/mol. The van der Waals surface area contributed by atoms with Gasteiger partial charge in [-0.3, -0.25) is 9.59 Å². The molecule has 2 amide bonds. The van der Waals surface area contributed by atoms with E-state index in [2.05, 4.69) is 5.32 Å². The van der Waals surface area contributed by atoms with Crippen LogP contribution >= 0.6 is 12.4 Å². The van der Waals surface area contributed by atoms with Crippen molar-refractivity contribution in [2.45, 2.75) is 12.8 Å². The summed E-state index contributed by atoms with van der Waals surface area (Å²) in [4.78, 5) is 26.9. The molecule has 2 aliphatic heterocycles. The number of anilines is 2. The van der Waals surface area contributed by atoms with Gasteiger partial charge in [-0.25, -0.2) is 0 Å². The highest BCUT2D eigenvalue weighted by Gasteiger charge is 2.37. The quantitative estimate of drug-likeness (QED) is 0.574. The highest BCUT2D eigenvalue weighted by molar-refractivity contribution is 6.09. The number of nitrogen functional groups attached to an aromatic ring is 1. The van der Waals surface area contributed by atoms with Gasteiger partial charge in [-0.1, -0.05) is 12.1 Å². The SMILES string of the molecule is Cl.Nc1ccc(CCNC(=O)C2CCN(c3ccc4c(c3)OCCO4)C2=O)cc1. The average molecular weight is 418 g/mol. The lowest BCUT2D eigenvalue weighted by Gasteiger charge is -2.22. The predicted octanol–water partition coefficient (Wildman–Crippen LogP) is 2.17. The topological polar surface area (TPSA) is 93.9 Å². The molecule has 0 aliphatic carbocycles. The average Bonchev–Trinajstić information content (AvgIpc) is 3.10. The van der Waals surface area contributed by atoms with Crippen molar-refractivity contribution >= 4 is 35.6 Å². The molecule has 0 aromatic heterocycles. The van der Waals surface area contributed by atoms with Gasteiger partial charge >= 0.3 is 0 Å². The molecule has 1 saturated heterocycles. The van der Waals surface area contributed by atoms with Crippen LogP contribution in [0.3, 0.4) is 0 Å². The van der Waals surface area contributed by atoms with Crippen LogP contribution in [0.5, 0.6) is 11.5 Å². The summed E-state index contributed by atoms with van der Waals surface area (Å²) < 4.78 is 11.1. The van der Waals surface area contributed by atoms with Crippen LogP contribution in [-0.4, -0.2) is 38.1 Å². The van der Waals surface area contributed by atoms with Gasteiger partial charge in [-0.15, -0.1) is 12.4 Å². The highest BCUT2D eigenvalue weighted by Crippen LogP contribution is 2.36. The third-order valence-corrected chi connectivity index (χ3v) is 5.05. The number of nitrogens with one attached hydrogen (secondary N) is 1. The Hall–Kier alpha value is -2.93. The van der Waals surface area contributed by atoms with E-state index in [0.717, 1.165) is 11.3 Å². The van der Waals surface area contributed by atoms with Crippen molar-refractivity contribution in [2.24, 2.45) is 5.92 Å². The van der Waals surface area contributed by atoms with Crippen molar-refractivity contribution in [2.75, 3.05) is 36.9 Å². The summed E-state index contributed by atoms with van der Waals surface area (Å²) in [7, 11) is 0. The van der Waals surface area contributed by atoms with Crippen LogP contribution in [0.25, 0.3) is 0 Å². The van der Waals surface area contributed by atoms with Gasteiger partial charge in [0.15, 0.2) is 11.5 Å². The Morgan fingerprint density at radius 1 is 1.10 bits per heavy atom. The fraction of sp³-hybridized carbons (Fsp3) is 0.333. The molecule has 2 aliphatic rings. The zero-order chi connectivity index (χ0) is 19.5. The summed E-state index contributed by atoms with van der Waals surface area (Å²) in [6.07, 6.45) is 1.19. The van der Waals surface area contributed by atoms with E-state index >= 15 is 0 Å². The van der Waals surface area contributed by atoms with Gasteiger partial charge in [0.05, 0.1) is 0 Å². The number of benzene rings is 2. The van der Waals surface area contributed by atoms with Crippen molar-refractivity contribution in [1.29, 1.82) is 0 Å². The van der Waals surface area contributed by atoms with Gasteiger partial charge in [0.2, 0.25) is 11.8 Å². The molecule has 0 radical (unpaired) electrons. The van der Waals surface area contributed by atoms with Crippen molar-refractivity contribution in [3.63, 3.8) is 0 Å². The Kier molecular flexibility index (Phi) is 6.49. The van der Waals surface area contributed by atoms with E-state index in [1.807, 2.05) is 30.3 Å². The number of halogens is 1. The number of nitrogens with two attached hydrogens (primary N) is 1. The zero-order valence-electron chi connectivity index (χ0n) is 15.9. The number of carbonyl (C=O) groups is 2. The third-order valence-electron chi connectivity index (χ3n) is 5.05. The summed E-state index contributed by atoms with van der Waals surface area (Å²) in [6, 6.07) is 13.0. The van der Waals surface area contributed by atoms with Crippen molar-refractivity contribution in [3.05, 3.63) is 48.0 Å². The van der Waals surface area contributed by atoms with Crippen LogP contribution in [0.15, 0.2) is 42.5 Å². The number of rotatable bonds is 5. The molecule has 2 heterocycles. The molecule has 29 heavy (non-hydrogen) atoms. The minimum Gasteiger partial charge on any atom is -0.486 e. The molecule has 1 atom stereocenters. The lowest BCUT2D eigenvalue weighted by Crippen LogP contribution is -2.37. The largest absolute Gasteiger partial charge is 0.486 e. The maximum atomic E-state index is 12.8. The van der Waals surface area contributed by atoms with Crippen LogP contribution in [0.2, 0.25) is 0 Å². The number of amides is 2. The van der Waals surface area contributed by atoms with Gasteiger partial charge in [-0.05, 0) is 42.7 Å². The summed E-state index contributed by atoms with van der Waals surface area (Å²) in [5, 5.41) is 2.88. The lowest BCUT2D eigenvalue weighted by molar-refractivity contribution is -0.132. The molecular formula is C21H24ClN3O4. The Bertz CT molecular complexity index is 888. The molecule has 1 unspecified atom stereocenters. The predicted molar refractivity (Wildman–Crippen MR) is 113 cm³/mol. The molecule has 3 N–H and O–H groups in total. The first-order valence-corrected chi connectivity index (χ1v) is 9.45. The van der Waals surface area contributed by atoms with Gasteiger partial charge in [0, 0.05) is 30.5 Å². The fourth-order valence-corrected chi connectivity index (χ4v) is 3.52. The van der Waals surface area contributed by atoms with E-state index in [4.69, 9.17) is 15.2 Å². The zero-order valence-corrected chi connectivity index (χ0v) is 16.7. The number of ether oxygens (including phenoxy) is 2. The Balaban J connectivity index is 0.00000240. The van der Waals surface area contributed by atoms with Crippen molar-refractivity contribution in [3.8, 4) is 11.5 Å². The molecule has 154 valence electrons. The van der Waals surface area contributed by atoms with Crippen molar-refractivity contribution in [1.82, 2.24) is 5.32 Å². The summed E-state index contributed by atoms with van der Waals surface area (Å²) in [6.45, 7) is 2.00. The third kappa shape index (κ3) is 4.56. The van der Waals surface area contributed by atoms with Crippen LogP contribution in [0, 0.1) is 5.92 Å². The van der Waals surface area contributed by atoms with E-state index in [0.29, 0.717) is 56.3 Å². The number of carbonyl (C=O) groups excluding carboxylic acids is 2.